The highest BCUT2D eigenvalue weighted by Crippen LogP contribution is 2.24. The van der Waals surface area contributed by atoms with Gasteiger partial charge in [-0.1, -0.05) is 24.3 Å². The summed E-state index contributed by atoms with van der Waals surface area (Å²) in [4.78, 5) is 0. The van der Waals surface area contributed by atoms with E-state index in [4.69, 9.17) is 21.7 Å². The molecule has 0 aliphatic rings. The van der Waals surface area contributed by atoms with E-state index in [0.717, 1.165) is 28.4 Å². The number of nitrogens with one attached hydrogen (secondary N) is 2. The summed E-state index contributed by atoms with van der Waals surface area (Å²) in [5.41, 5.74) is 2.74. The first-order chi connectivity index (χ1) is 13.2. The topological polar surface area (TPSA) is 60.3 Å². The number of aromatic nitrogens is 2. The Morgan fingerprint density at radius 3 is 2.81 bits per heavy atom. The Balaban J connectivity index is 1.61. The molecule has 7 heteroatoms. The van der Waals surface area contributed by atoms with Gasteiger partial charge in [0.15, 0.2) is 5.11 Å². The second kappa shape index (κ2) is 9.05. The predicted octanol–water partition coefficient (Wildman–Crippen LogP) is 4.15. The molecule has 0 bridgehead atoms. The Hall–Kier alpha value is -3.06. The number of nitrogens with zero attached hydrogens (tertiary/aromatic N) is 2. The lowest BCUT2D eigenvalue weighted by Gasteiger charge is -2.13. The molecule has 0 saturated carbocycles. The van der Waals surface area contributed by atoms with Gasteiger partial charge in [-0.05, 0) is 49.0 Å². The average Bonchev–Trinajstić information content (AvgIpc) is 3.10. The molecule has 0 radical (unpaired) electrons. The molecule has 0 spiro atoms. The maximum atomic E-state index is 5.60. The summed E-state index contributed by atoms with van der Waals surface area (Å²) in [5.74, 6) is 1.59. The minimum Gasteiger partial charge on any atom is -0.497 e. The highest BCUT2D eigenvalue weighted by Gasteiger charge is 2.06. The van der Waals surface area contributed by atoms with Crippen molar-refractivity contribution in [1.29, 1.82) is 0 Å². The van der Waals surface area contributed by atoms with Crippen molar-refractivity contribution in [3.63, 3.8) is 0 Å². The zero-order valence-electron chi connectivity index (χ0n) is 15.3. The van der Waals surface area contributed by atoms with E-state index < -0.39 is 0 Å². The van der Waals surface area contributed by atoms with Crippen molar-refractivity contribution < 1.29 is 9.47 Å². The number of anilines is 2. The van der Waals surface area contributed by atoms with Crippen LogP contribution in [0.2, 0.25) is 0 Å². The van der Waals surface area contributed by atoms with Gasteiger partial charge in [0.1, 0.15) is 11.5 Å². The van der Waals surface area contributed by atoms with E-state index in [1.54, 1.807) is 13.3 Å². The summed E-state index contributed by atoms with van der Waals surface area (Å²) in [6.45, 7) is 3.19. The molecule has 1 aromatic heterocycles. The van der Waals surface area contributed by atoms with Crippen LogP contribution in [0.15, 0.2) is 60.9 Å². The van der Waals surface area contributed by atoms with Crippen LogP contribution < -0.4 is 20.1 Å². The maximum Gasteiger partial charge on any atom is 0.175 e. The van der Waals surface area contributed by atoms with E-state index >= 15 is 0 Å². The van der Waals surface area contributed by atoms with Gasteiger partial charge in [0.2, 0.25) is 0 Å². The molecule has 0 unspecified atom stereocenters. The molecule has 0 saturated heterocycles. The molecule has 2 N–H and O–H groups in total. The largest absolute Gasteiger partial charge is 0.497 e. The summed E-state index contributed by atoms with van der Waals surface area (Å²) in [6.07, 6.45) is 3.64. The van der Waals surface area contributed by atoms with Crippen LogP contribution in [0.5, 0.6) is 11.5 Å². The molecule has 3 rings (SSSR count). The van der Waals surface area contributed by atoms with Gasteiger partial charge in [-0.25, -0.2) is 0 Å². The van der Waals surface area contributed by atoms with Crippen molar-refractivity contribution in [2.75, 3.05) is 24.4 Å². The first kappa shape index (κ1) is 18.7. The molecule has 6 nitrogen and oxygen atoms in total. The van der Waals surface area contributed by atoms with Crippen LogP contribution in [-0.2, 0) is 6.54 Å². The van der Waals surface area contributed by atoms with Crippen molar-refractivity contribution in [3.05, 3.63) is 66.5 Å². The molecule has 27 heavy (non-hydrogen) atoms. The normalized spacial score (nSPS) is 10.3. The van der Waals surface area contributed by atoms with Crippen molar-refractivity contribution in [2.24, 2.45) is 0 Å². The van der Waals surface area contributed by atoms with Crippen LogP contribution in [0.4, 0.5) is 11.4 Å². The van der Waals surface area contributed by atoms with E-state index in [1.165, 1.54) is 0 Å². The Morgan fingerprint density at radius 1 is 1.15 bits per heavy atom. The van der Waals surface area contributed by atoms with Gasteiger partial charge in [0, 0.05) is 6.20 Å². The highest BCUT2D eigenvalue weighted by molar-refractivity contribution is 7.80. The van der Waals surface area contributed by atoms with E-state index in [9.17, 15) is 0 Å². The lowest BCUT2D eigenvalue weighted by atomic mass is 10.2. The summed E-state index contributed by atoms with van der Waals surface area (Å²) in [6, 6.07) is 15.6. The Bertz CT molecular complexity index is 910. The van der Waals surface area contributed by atoms with Gasteiger partial charge in [-0.3, -0.25) is 4.68 Å². The lowest BCUT2D eigenvalue weighted by molar-refractivity contribution is 0.342. The van der Waals surface area contributed by atoms with Gasteiger partial charge in [0.05, 0.1) is 37.8 Å². The zero-order valence-corrected chi connectivity index (χ0v) is 16.1. The average molecular weight is 382 g/mol. The number of hydrogen-bond acceptors (Lipinski definition) is 4. The van der Waals surface area contributed by atoms with Crippen LogP contribution in [-0.4, -0.2) is 28.6 Å². The number of hydrogen-bond donors (Lipinski definition) is 2. The number of rotatable bonds is 7. The Labute approximate surface area is 164 Å². The van der Waals surface area contributed by atoms with E-state index in [1.807, 2.05) is 66.3 Å². The van der Waals surface area contributed by atoms with Crippen LogP contribution in [0.25, 0.3) is 0 Å². The van der Waals surface area contributed by atoms with E-state index in [0.29, 0.717) is 18.3 Å². The van der Waals surface area contributed by atoms with E-state index in [-0.39, 0.29) is 0 Å². The fourth-order valence-corrected chi connectivity index (χ4v) is 2.84. The molecule has 0 amide bonds. The maximum absolute atomic E-state index is 5.60. The van der Waals surface area contributed by atoms with Gasteiger partial charge in [0.25, 0.3) is 0 Å². The Morgan fingerprint density at radius 2 is 2.00 bits per heavy atom. The number of ether oxygens (including phenoxy) is 2. The lowest BCUT2D eigenvalue weighted by Crippen LogP contribution is -2.19. The summed E-state index contributed by atoms with van der Waals surface area (Å²) < 4.78 is 12.7. The van der Waals surface area contributed by atoms with Gasteiger partial charge < -0.3 is 20.1 Å². The van der Waals surface area contributed by atoms with Gasteiger partial charge in [-0.15, -0.1) is 0 Å². The first-order valence-corrected chi connectivity index (χ1v) is 9.04. The van der Waals surface area contributed by atoms with Crippen molar-refractivity contribution in [2.45, 2.75) is 13.5 Å². The SMILES string of the molecule is CCOc1ccccc1NC(=S)Nc1cnn(Cc2cccc(OC)c2)c1. The fourth-order valence-electron chi connectivity index (χ4n) is 2.61. The smallest absolute Gasteiger partial charge is 0.175 e. The first-order valence-electron chi connectivity index (χ1n) is 8.63. The molecular formula is C20H22N4O2S. The second-order valence-corrected chi connectivity index (χ2v) is 6.19. The summed E-state index contributed by atoms with van der Waals surface area (Å²) in [5, 5.41) is 11.2. The molecular weight excluding hydrogens is 360 g/mol. The highest BCUT2D eigenvalue weighted by atomic mass is 32.1. The molecule has 0 atom stereocenters. The van der Waals surface area contributed by atoms with Crippen molar-refractivity contribution >= 4 is 28.7 Å². The molecule has 3 aromatic rings. The van der Waals surface area contributed by atoms with E-state index in [2.05, 4.69) is 15.7 Å². The van der Waals surface area contributed by atoms with Crippen molar-refractivity contribution in [3.8, 4) is 11.5 Å². The minimum absolute atomic E-state index is 0.475. The van der Waals surface area contributed by atoms with Crippen LogP contribution in [0, 0.1) is 0 Å². The number of para-hydroxylation sites is 2. The predicted molar refractivity (Wildman–Crippen MR) is 112 cm³/mol. The fraction of sp³-hybridized carbons (Fsp3) is 0.200. The third-order valence-corrected chi connectivity index (χ3v) is 4.01. The van der Waals surface area contributed by atoms with Crippen LogP contribution >= 0.6 is 12.2 Å². The van der Waals surface area contributed by atoms with Crippen LogP contribution in [0.3, 0.4) is 0 Å². The molecule has 0 fully saturated rings. The minimum atomic E-state index is 0.475. The standard InChI is InChI=1S/C20H22N4O2S/c1-3-26-19-10-5-4-9-18(19)23-20(27)22-16-12-21-24(14-16)13-15-7-6-8-17(11-15)25-2/h4-12,14H,3,13H2,1-2H3,(H2,22,23,27). The van der Waals surface area contributed by atoms with Gasteiger partial charge in [-0.2, -0.15) is 5.10 Å². The molecule has 0 aliphatic heterocycles. The number of methoxy groups -OCH3 is 1. The third-order valence-electron chi connectivity index (χ3n) is 3.80. The van der Waals surface area contributed by atoms with Crippen molar-refractivity contribution in [1.82, 2.24) is 9.78 Å². The molecule has 1 heterocycles. The number of thiocarbonyl (C=S) groups is 1. The summed E-state index contributed by atoms with van der Waals surface area (Å²) in [7, 11) is 1.66. The van der Waals surface area contributed by atoms with Gasteiger partial charge >= 0.3 is 0 Å². The monoisotopic (exact) mass is 382 g/mol. The van der Waals surface area contributed by atoms with Crippen LogP contribution in [0.1, 0.15) is 12.5 Å². The second-order valence-electron chi connectivity index (χ2n) is 5.79. The zero-order chi connectivity index (χ0) is 19.1. The number of benzene rings is 2. The molecule has 140 valence electrons. The summed E-state index contributed by atoms with van der Waals surface area (Å²) >= 11 is 5.40. The molecule has 2 aromatic carbocycles. The molecule has 0 aliphatic carbocycles. The quantitative estimate of drug-likeness (QED) is 0.599. The third kappa shape index (κ3) is 5.21. The Kier molecular flexibility index (Phi) is 6.27.